The van der Waals surface area contributed by atoms with Gasteiger partial charge in [0.25, 0.3) is 0 Å². The molecule has 0 aliphatic carbocycles. The van der Waals surface area contributed by atoms with Crippen molar-refractivity contribution >= 4 is 34.5 Å². The van der Waals surface area contributed by atoms with Crippen LogP contribution in [0.3, 0.4) is 0 Å². The lowest BCUT2D eigenvalue weighted by Crippen LogP contribution is -2.12. The molecule has 1 heterocycles. The minimum absolute atomic E-state index is 0.349. The minimum atomic E-state index is -0.485. The smallest absolute Gasteiger partial charge is 0.413 e. The predicted octanol–water partition coefficient (Wildman–Crippen LogP) is 2.61. The summed E-state index contributed by atoms with van der Waals surface area (Å²) in [6.45, 7) is 4.20. The molecule has 7 heteroatoms. The molecule has 0 aliphatic heterocycles. The average molecular weight is 247 g/mol. The van der Waals surface area contributed by atoms with Crippen molar-refractivity contribution in [2.24, 2.45) is 0 Å². The van der Waals surface area contributed by atoms with Gasteiger partial charge in [-0.05, 0) is 13.3 Å². The Hall–Kier alpha value is -0.820. The summed E-state index contributed by atoms with van der Waals surface area (Å²) in [4.78, 5) is 15.2. The van der Waals surface area contributed by atoms with Gasteiger partial charge < -0.3 is 4.74 Å². The normalized spacial score (nSPS) is 10.0. The van der Waals surface area contributed by atoms with Gasteiger partial charge in [-0.25, -0.2) is 4.79 Å². The number of amides is 1. The van der Waals surface area contributed by atoms with Gasteiger partial charge in [0.2, 0.25) is 10.3 Å². The number of carbonyl (C=O) groups excluding carboxylic acids is 1. The van der Waals surface area contributed by atoms with Crippen molar-refractivity contribution in [1.29, 1.82) is 0 Å². The first kappa shape index (κ1) is 12.3. The second-order valence-corrected chi connectivity index (χ2v) is 4.39. The molecule has 84 valence electrons. The Morgan fingerprint density at radius 1 is 1.60 bits per heavy atom. The van der Waals surface area contributed by atoms with Crippen LogP contribution in [-0.2, 0) is 4.74 Å². The topological polar surface area (TPSA) is 64.1 Å². The minimum Gasteiger partial charge on any atom is -0.450 e. The molecular formula is C8H13N3O2S2. The van der Waals surface area contributed by atoms with Gasteiger partial charge in [-0.3, -0.25) is 5.32 Å². The summed E-state index contributed by atoms with van der Waals surface area (Å²) in [5.74, 6) is 0.982. The fraction of sp³-hybridized carbons (Fsp3) is 0.625. The van der Waals surface area contributed by atoms with E-state index in [1.807, 2.05) is 0 Å². The lowest BCUT2D eigenvalue weighted by Gasteiger charge is -1.99. The number of anilines is 1. The number of thioether (sulfide) groups is 1. The van der Waals surface area contributed by atoms with E-state index in [9.17, 15) is 4.79 Å². The van der Waals surface area contributed by atoms with E-state index in [0.717, 1.165) is 23.7 Å². The molecule has 0 saturated carbocycles. The molecule has 1 aromatic rings. The van der Waals surface area contributed by atoms with Crippen molar-refractivity contribution in [2.45, 2.75) is 25.4 Å². The molecule has 15 heavy (non-hydrogen) atoms. The molecule has 1 amide bonds. The Kier molecular flexibility index (Phi) is 5.41. The maximum atomic E-state index is 11.0. The van der Waals surface area contributed by atoms with Gasteiger partial charge in [0, 0.05) is 17.3 Å². The summed E-state index contributed by atoms with van der Waals surface area (Å²) in [7, 11) is 0. The van der Waals surface area contributed by atoms with E-state index in [0.29, 0.717) is 16.9 Å². The van der Waals surface area contributed by atoms with Gasteiger partial charge in [0.05, 0.1) is 6.61 Å². The highest BCUT2D eigenvalue weighted by atomic mass is 32.2. The number of rotatable bonds is 5. The number of aromatic nitrogens is 2. The third-order valence-corrected chi connectivity index (χ3v) is 3.13. The van der Waals surface area contributed by atoms with Gasteiger partial charge >= 0.3 is 6.09 Å². The molecule has 1 rings (SSSR count). The molecule has 5 nitrogen and oxygen atoms in total. The molecule has 0 radical (unpaired) electrons. The van der Waals surface area contributed by atoms with Crippen LogP contribution in [0.15, 0.2) is 5.16 Å². The molecule has 0 unspecified atom stereocenters. The van der Waals surface area contributed by atoms with Crippen molar-refractivity contribution in [1.82, 2.24) is 9.36 Å². The number of ether oxygens (including phenoxy) is 1. The van der Waals surface area contributed by atoms with E-state index in [1.54, 1.807) is 18.7 Å². The van der Waals surface area contributed by atoms with Crippen LogP contribution in [0, 0.1) is 0 Å². The van der Waals surface area contributed by atoms with Crippen LogP contribution < -0.4 is 5.32 Å². The van der Waals surface area contributed by atoms with Crippen LogP contribution in [0.2, 0.25) is 0 Å². The third-order valence-electron chi connectivity index (χ3n) is 1.33. The zero-order valence-corrected chi connectivity index (χ0v) is 10.3. The van der Waals surface area contributed by atoms with Crippen LogP contribution in [0.1, 0.15) is 20.3 Å². The van der Waals surface area contributed by atoms with Gasteiger partial charge in [-0.2, -0.15) is 9.36 Å². The zero-order valence-electron chi connectivity index (χ0n) is 8.65. The van der Waals surface area contributed by atoms with E-state index < -0.39 is 6.09 Å². The Labute approximate surface area is 96.8 Å². The second kappa shape index (κ2) is 6.62. The van der Waals surface area contributed by atoms with Gasteiger partial charge in [0.15, 0.2) is 0 Å². The number of carbonyl (C=O) groups is 1. The van der Waals surface area contributed by atoms with Crippen LogP contribution in [-0.4, -0.2) is 27.8 Å². The van der Waals surface area contributed by atoms with Gasteiger partial charge in [-0.1, -0.05) is 18.7 Å². The van der Waals surface area contributed by atoms with E-state index in [4.69, 9.17) is 4.74 Å². The van der Waals surface area contributed by atoms with Crippen molar-refractivity contribution in [3.63, 3.8) is 0 Å². The standard InChI is InChI=1S/C8H13N3O2S2/c1-3-5-14-7-9-6(15-11-7)10-8(12)13-4-2/h3-5H2,1-2H3,(H,9,10,11,12). The molecule has 0 saturated heterocycles. The van der Waals surface area contributed by atoms with Gasteiger partial charge in [0.1, 0.15) is 0 Å². The Balaban J connectivity index is 2.42. The first-order chi connectivity index (χ1) is 7.26. The summed E-state index contributed by atoms with van der Waals surface area (Å²) in [5, 5.41) is 3.69. The van der Waals surface area contributed by atoms with Crippen LogP contribution >= 0.6 is 23.3 Å². The Bertz CT molecular complexity index is 317. The summed E-state index contributed by atoms with van der Waals surface area (Å²) >= 11 is 2.74. The molecule has 0 aromatic carbocycles. The summed E-state index contributed by atoms with van der Waals surface area (Å²) in [6, 6.07) is 0. The molecule has 0 bridgehead atoms. The summed E-state index contributed by atoms with van der Waals surface area (Å²) in [6.07, 6.45) is 0.588. The lowest BCUT2D eigenvalue weighted by atomic mass is 10.6. The van der Waals surface area contributed by atoms with E-state index in [2.05, 4.69) is 21.6 Å². The first-order valence-corrected chi connectivity index (χ1v) is 6.42. The Morgan fingerprint density at radius 3 is 3.07 bits per heavy atom. The number of hydrogen-bond acceptors (Lipinski definition) is 6. The maximum absolute atomic E-state index is 11.0. The number of hydrogen-bond donors (Lipinski definition) is 1. The number of nitrogens with one attached hydrogen (secondary N) is 1. The van der Waals surface area contributed by atoms with Crippen LogP contribution in [0.4, 0.5) is 9.93 Å². The van der Waals surface area contributed by atoms with Crippen LogP contribution in [0.25, 0.3) is 0 Å². The molecule has 0 spiro atoms. The molecule has 0 aliphatic rings. The van der Waals surface area contributed by atoms with E-state index >= 15 is 0 Å². The summed E-state index contributed by atoms with van der Waals surface area (Å²) < 4.78 is 8.81. The highest BCUT2D eigenvalue weighted by Crippen LogP contribution is 2.20. The molecule has 0 fully saturated rings. The van der Waals surface area contributed by atoms with Crippen molar-refractivity contribution in [3.05, 3.63) is 0 Å². The van der Waals surface area contributed by atoms with Crippen molar-refractivity contribution in [2.75, 3.05) is 17.7 Å². The monoisotopic (exact) mass is 247 g/mol. The maximum Gasteiger partial charge on any atom is 0.413 e. The summed E-state index contributed by atoms with van der Waals surface area (Å²) in [5.41, 5.74) is 0. The fourth-order valence-electron chi connectivity index (χ4n) is 0.767. The van der Waals surface area contributed by atoms with Crippen molar-refractivity contribution < 1.29 is 9.53 Å². The van der Waals surface area contributed by atoms with Crippen LogP contribution in [0.5, 0.6) is 0 Å². The second-order valence-electron chi connectivity index (χ2n) is 2.58. The molecule has 1 N–H and O–H groups in total. The first-order valence-electron chi connectivity index (χ1n) is 4.66. The molecular weight excluding hydrogens is 234 g/mol. The van der Waals surface area contributed by atoms with E-state index in [-0.39, 0.29) is 0 Å². The van der Waals surface area contributed by atoms with Crippen molar-refractivity contribution in [3.8, 4) is 0 Å². The van der Waals surface area contributed by atoms with Gasteiger partial charge in [-0.15, -0.1) is 0 Å². The fourth-order valence-corrected chi connectivity index (χ4v) is 2.15. The SMILES string of the molecule is CCCSc1nsc(NC(=O)OCC)n1. The Morgan fingerprint density at radius 2 is 2.40 bits per heavy atom. The third kappa shape index (κ3) is 4.48. The predicted molar refractivity (Wildman–Crippen MR) is 61.6 cm³/mol. The largest absolute Gasteiger partial charge is 0.450 e. The van der Waals surface area contributed by atoms with E-state index in [1.165, 1.54) is 0 Å². The average Bonchev–Trinajstić information content (AvgIpc) is 2.63. The zero-order chi connectivity index (χ0) is 11.1. The lowest BCUT2D eigenvalue weighted by molar-refractivity contribution is 0.168. The quantitative estimate of drug-likeness (QED) is 0.810. The molecule has 1 aromatic heterocycles. The molecule has 0 atom stereocenters. The number of nitrogens with zero attached hydrogens (tertiary/aromatic N) is 2. The highest BCUT2D eigenvalue weighted by molar-refractivity contribution is 7.99. The highest BCUT2D eigenvalue weighted by Gasteiger charge is 2.07.